The minimum absolute atomic E-state index is 0.192. The van der Waals surface area contributed by atoms with E-state index in [-0.39, 0.29) is 5.78 Å². The largest absolute Gasteiger partial charge is 0.392 e. The molecule has 0 fully saturated rings. The zero-order chi connectivity index (χ0) is 14.0. The van der Waals surface area contributed by atoms with Crippen LogP contribution in [0.5, 0.6) is 0 Å². The van der Waals surface area contributed by atoms with Crippen molar-refractivity contribution in [2.75, 3.05) is 7.11 Å². The molecule has 1 rings (SSSR count). The van der Waals surface area contributed by atoms with E-state index in [1.54, 1.807) is 12.1 Å². The van der Waals surface area contributed by atoms with Gasteiger partial charge in [0.15, 0.2) is 5.78 Å². The molecule has 0 aliphatic carbocycles. The van der Waals surface area contributed by atoms with E-state index in [4.69, 9.17) is 4.74 Å². The molecule has 5 heteroatoms. The molecule has 0 saturated carbocycles. The van der Waals surface area contributed by atoms with Crippen molar-refractivity contribution in [3.8, 4) is 0 Å². The van der Waals surface area contributed by atoms with Gasteiger partial charge in [-0.25, -0.2) is 0 Å². The number of hydrogen-bond donors (Lipinski definition) is 0. The predicted octanol–water partition coefficient (Wildman–Crippen LogP) is 3.70. The lowest BCUT2D eigenvalue weighted by Gasteiger charge is -2.30. The lowest BCUT2D eigenvalue weighted by atomic mass is 9.90. The summed E-state index contributed by atoms with van der Waals surface area (Å²) in [5.74, 6) is -0.192. The summed E-state index contributed by atoms with van der Waals surface area (Å²) in [7, 11) is 1.23. The molecule has 0 saturated heterocycles. The molecule has 1 aromatic carbocycles. The van der Waals surface area contributed by atoms with Crippen LogP contribution < -0.4 is 0 Å². The summed E-state index contributed by atoms with van der Waals surface area (Å²) in [5.41, 5.74) is -0.767. The molecular formula is C13H15F3O2. The zero-order valence-corrected chi connectivity index (χ0v) is 10.5. The first-order valence-electron chi connectivity index (χ1n) is 5.41. The lowest BCUT2D eigenvalue weighted by molar-refractivity contribution is -0.181. The number of methoxy groups -OCH3 is 1. The summed E-state index contributed by atoms with van der Waals surface area (Å²) in [5, 5.41) is 0. The highest BCUT2D eigenvalue weighted by Gasteiger charge is 2.40. The van der Waals surface area contributed by atoms with E-state index in [1.807, 2.05) is 0 Å². The SMILES string of the molecule is COC(C)(CC(F)(F)F)c1cccc(C(C)=O)c1. The summed E-state index contributed by atoms with van der Waals surface area (Å²) in [6.45, 7) is 2.73. The Morgan fingerprint density at radius 3 is 2.39 bits per heavy atom. The molecule has 2 nitrogen and oxygen atoms in total. The molecule has 0 N–H and O–H groups in total. The van der Waals surface area contributed by atoms with Gasteiger partial charge in [-0.1, -0.05) is 18.2 Å². The molecule has 1 aromatic rings. The number of carbonyl (C=O) groups is 1. The Labute approximate surface area is 104 Å². The Morgan fingerprint density at radius 1 is 1.33 bits per heavy atom. The highest BCUT2D eigenvalue weighted by Crippen LogP contribution is 2.37. The predicted molar refractivity (Wildman–Crippen MR) is 61.5 cm³/mol. The molecule has 100 valence electrons. The Morgan fingerprint density at radius 2 is 1.94 bits per heavy atom. The Bertz CT molecular complexity index is 440. The third-order valence-corrected chi connectivity index (χ3v) is 2.87. The van der Waals surface area contributed by atoms with Crippen LogP contribution in [0.15, 0.2) is 24.3 Å². The van der Waals surface area contributed by atoms with Crippen LogP contribution >= 0.6 is 0 Å². The first-order chi connectivity index (χ1) is 8.18. The van der Waals surface area contributed by atoms with E-state index in [9.17, 15) is 18.0 Å². The zero-order valence-electron chi connectivity index (χ0n) is 10.5. The summed E-state index contributed by atoms with van der Waals surface area (Å²) in [6, 6.07) is 6.09. The average Bonchev–Trinajstić information content (AvgIpc) is 2.27. The molecule has 1 unspecified atom stereocenters. The van der Waals surface area contributed by atoms with Gasteiger partial charge in [0.2, 0.25) is 0 Å². The maximum Gasteiger partial charge on any atom is 0.392 e. The standard InChI is InChI=1S/C13H15F3O2/c1-9(17)10-5-4-6-11(7-10)12(2,18-3)8-13(14,15)16/h4-7H,8H2,1-3H3. The molecule has 0 heterocycles. The smallest absolute Gasteiger partial charge is 0.373 e. The number of hydrogen-bond acceptors (Lipinski definition) is 2. The second-order valence-corrected chi connectivity index (χ2v) is 4.36. The maximum absolute atomic E-state index is 12.5. The van der Waals surface area contributed by atoms with Crippen LogP contribution in [0.3, 0.4) is 0 Å². The molecule has 0 aliphatic heterocycles. The summed E-state index contributed by atoms with van der Waals surface area (Å²) in [4.78, 5) is 11.2. The third-order valence-electron chi connectivity index (χ3n) is 2.87. The number of rotatable bonds is 4. The van der Waals surface area contributed by atoms with Crippen LogP contribution in [-0.2, 0) is 10.3 Å². The fraction of sp³-hybridized carbons (Fsp3) is 0.462. The Kier molecular flexibility index (Phi) is 4.16. The van der Waals surface area contributed by atoms with Crippen molar-refractivity contribution in [2.45, 2.75) is 32.0 Å². The van der Waals surface area contributed by atoms with E-state index in [2.05, 4.69) is 0 Å². The van der Waals surface area contributed by atoms with Gasteiger partial charge < -0.3 is 4.74 Å². The van der Waals surface area contributed by atoms with Crippen LogP contribution in [-0.4, -0.2) is 19.1 Å². The second kappa shape index (κ2) is 5.10. The molecule has 18 heavy (non-hydrogen) atoms. The van der Waals surface area contributed by atoms with Crippen molar-refractivity contribution in [1.82, 2.24) is 0 Å². The normalized spacial score (nSPS) is 15.2. The topological polar surface area (TPSA) is 26.3 Å². The molecule has 0 bridgehead atoms. The van der Waals surface area contributed by atoms with Crippen molar-refractivity contribution in [2.24, 2.45) is 0 Å². The highest BCUT2D eigenvalue weighted by atomic mass is 19.4. The highest BCUT2D eigenvalue weighted by molar-refractivity contribution is 5.94. The van der Waals surface area contributed by atoms with Gasteiger partial charge in [0, 0.05) is 12.7 Å². The molecule has 0 aromatic heterocycles. The molecule has 0 radical (unpaired) electrons. The fourth-order valence-electron chi connectivity index (χ4n) is 1.74. The Hall–Kier alpha value is -1.36. The number of ketones is 1. The van der Waals surface area contributed by atoms with Crippen LogP contribution in [0.2, 0.25) is 0 Å². The molecular weight excluding hydrogens is 245 g/mol. The van der Waals surface area contributed by atoms with Gasteiger partial charge in [-0.3, -0.25) is 4.79 Å². The van der Waals surface area contributed by atoms with Crippen molar-refractivity contribution < 1.29 is 22.7 Å². The van der Waals surface area contributed by atoms with Gasteiger partial charge in [0.1, 0.15) is 0 Å². The van der Waals surface area contributed by atoms with Crippen LogP contribution in [0, 0.1) is 0 Å². The summed E-state index contributed by atoms with van der Waals surface area (Å²) >= 11 is 0. The quantitative estimate of drug-likeness (QED) is 0.771. The van der Waals surface area contributed by atoms with E-state index in [0.717, 1.165) is 0 Å². The third kappa shape index (κ3) is 3.57. The maximum atomic E-state index is 12.5. The number of carbonyl (C=O) groups excluding carboxylic acids is 1. The van der Waals surface area contributed by atoms with Crippen molar-refractivity contribution in [1.29, 1.82) is 0 Å². The van der Waals surface area contributed by atoms with Crippen molar-refractivity contribution in [3.63, 3.8) is 0 Å². The van der Waals surface area contributed by atoms with Gasteiger partial charge in [0.05, 0.1) is 12.0 Å². The Balaban J connectivity index is 3.15. The summed E-state index contributed by atoms with van der Waals surface area (Å²) < 4.78 is 42.6. The average molecular weight is 260 g/mol. The van der Waals surface area contributed by atoms with Gasteiger partial charge in [-0.2, -0.15) is 13.2 Å². The summed E-state index contributed by atoms with van der Waals surface area (Å²) in [6.07, 6.45) is -5.44. The van der Waals surface area contributed by atoms with Gasteiger partial charge in [0.25, 0.3) is 0 Å². The molecule has 0 amide bonds. The first-order valence-corrected chi connectivity index (χ1v) is 5.41. The van der Waals surface area contributed by atoms with Gasteiger partial charge in [-0.05, 0) is 25.5 Å². The van der Waals surface area contributed by atoms with Gasteiger partial charge in [-0.15, -0.1) is 0 Å². The van der Waals surface area contributed by atoms with Crippen molar-refractivity contribution >= 4 is 5.78 Å². The minimum Gasteiger partial charge on any atom is -0.373 e. The first kappa shape index (κ1) is 14.7. The van der Waals surface area contributed by atoms with Crippen LogP contribution in [0.25, 0.3) is 0 Å². The van der Waals surface area contributed by atoms with Crippen molar-refractivity contribution in [3.05, 3.63) is 35.4 Å². The van der Waals surface area contributed by atoms with E-state index in [0.29, 0.717) is 11.1 Å². The van der Waals surface area contributed by atoms with E-state index < -0.39 is 18.2 Å². The number of halogens is 3. The molecule has 1 atom stereocenters. The number of benzene rings is 1. The lowest BCUT2D eigenvalue weighted by Crippen LogP contribution is -2.31. The second-order valence-electron chi connectivity index (χ2n) is 4.36. The van der Waals surface area contributed by atoms with Crippen LogP contribution in [0.1, 0.15) is 36.2 Å². The number of ether oxygens (including phenoxy) is 1. The number of alkyl halides is 3. The van der Waals surface area contributed by atoms with Crippen LogP contribution in [0.4, 0.5) is 13.2 Å². The minimum atomic E-state index is -4.34. The fourth-order valence-corrected chi connectivity index (χ4v) is 1.74. The molecule has 0 aliphatic rings. The number of Topliss-reactive ketones (excluding diaryl/α,β-unsaturated/α-hetero) is 1. The van der Waals surface area contributed by atoms with E-state index in [1.165, 1.54) is 33.1 Å². The van der Waals surface area contributed by atoms with Gasteiger partial charge >= 0.3 is 6.18 Å². The molecule has 0 spiro atoms. The monoisotopic (exact) mass is 260 g/mol. The van der Waals surface area contributed by atoms with E-state index >= 15 is 0 Å².